The van der Waals surface area contributed by atoms with E-state index in [2.05, 4.69) is 45.8 Å². The molecule has 0 spiro atoms. The number of rotatable bonds is 6. The molecule has 2 aromatic heterocycles. The van der Waals surface area contributed by atoms with Crippen molar-refractivity contribution >= 4 is 5.91 Å². The second-order valence-corrected chi connectivity index (χ2v) is 6.91. The van der Waals surface area contributed by atoms with Gasteiger partial charge >= 0.3 is 0 Å². The zero-order valence-corrected chi connectivity index (χ0v) is 16.1. The average molecular weight is 356 g/mol. The summed E-state index contributed by atoms with van der Waals surface area (Å²) in [5.41, 5.74) is 4.52. The Kier molecular flexibility index (Phi) is 5.66. The molecule has 140 valence electrons. The SMILES string of the molecule is CCn1nc(C)c(CN2CCC[C@@H]2c2nccc(CNC(C)=O)n2)c1C. The summed E-state index contributed by atoms with van der Waals surface area (Å²) in [7, 11) is 0. The number of carbonyl (C=O) groups excluding carboxylic acids is 1. The first kappa shape index (κ1) is 18.5. The molecule has 1 aliphatic rings. The van der Waals surface area contributed by atoms with Crippen LogP contribution in [0.15, 0.2) is 12.3 Å². The Morgan fingerprint density at radius 2 is 2.19 bits per heavy atom. The first-order chi connectivity index (χ1) is 12.5. The lowest BCUT2D eigenvalue weighted by molar-refractivity contribution is -0.119. The van der Waals surface area contributed by atoms with Gasteiger partial charge < -0.3 is 5.32 Å². The molecule has 7 heteroatoms. The van der Waals surface area contributed by atoms with E-state index in [1.54, 1.807) is 6.20 Å². The number of hydrogen-bond acceptors (Lipinski definition) is 5. The minimum absolute atomic E-state index is 0.0495. The normalized spacial score (nSPS) is 17.6. The molecule has 3 rings (SSSR count). The lowest BCUT2D eigenvalue weighted by Gasteiger charge is -2.23. The Morgan fingerprint density at radius 3 is 2.88 bits per heavy atom. The Balaban J connectivity index is 1.77. The molecule has 1 aliphatic heterocycles. The van der Waals surface area contributed by atoms with Crippen LogP contribution in [0.2, 0.25) is 0 Å². The number of carbonyl (C=O) groups is 1. The van der Waals surface area contributed by atoms with E-state index in [4.69, 9.17) is 4.98 Å². The fraction of sp³-hybridized carbons (Fsp3) is 0.579. The van der Waals surface area contributed by atoms with Crippen LogP contribution in [0, 0.1) is 13.8 Å². The third-order valence-corrected chi connectivity index (χ3v) is 5.10. The summed E-state index contributed by atoms with van der Waals surface area (Å²) in [4.78, 5) is 22.8. The lowest BCUT2D eigenvalue weighted by atomic mass is 10.1. The third kappa shape index (κ3) is 3.93. The highest BCUT2D eigenvalue weighted by Crippen LogP contribution is 2.32. The topological polar surface area (TPSA) is 75.9 Å². The van der Waals surface area contributed by atoms with Crippen molar-refractivity contribution in [3.05, 3.63) is 40.7 Å². The first-order valence-corrected chi connectivity index (χ1v) is 9.32. The van der Waals surface area contributed by atoms with Gasteiger partial charge in [-0.2, -0.15) is 5.10 Å². The van der Waals surface area contributed by atoms with Gasteiger partial charge in [0.1, 0.15) is 5.82 Å². The minimum Gasteiger partial charge on any atom is -0.351 e. The van der Waals surface area contributed by atoms with Crippen molar-refractivity contribution in [2.24, 2.45) is 0 Å². The molecular formula is C19H28N6O. The lowest BCUT2D eigenvalue weighted by Crippen LogP contribution is -2.26. The summed E-state index contributed by atoms with van der Waals surface area (Å²) in [6.45, 7) is 11.1. The van der Waals surface area contributed by atoms with E-state index in [1.165, 1.54) is 18.2 Å². The molecule has 2 aromatic rings. The molecule has 1 fully saturated rings. The number of amides is 1. The van der Waals surface area contributed by atoms with Crippen molar-refractivity contribution in [1.29, 1.82) is 0 Å². The average Bonchev–Trinajstić information content (AvgIpc) is 3.20. The van der Waals surface area contributed by atoms with Crippen LogP contribution < -0.4 is 5.32 Å². The highest BCUT2D eigenvalue weighted by atomic mass is 16.1. The van der Waals surface area contributed by atoms with E-state index in [1.807, 2.05) is 6.07 Å². The number of hydrogen-bond donors (Lipinski definition) is 1. The molecule has 1 atom stereocenters. The van der Waals surface area contributed by atoms with E-state index >= 15 is 0 Å². The Bertz CT molecular complexity index is 784. The zero-order chi connectivity index (χ0) is 18.7. The van der Waals surface area contributed by atoms with Crippen LogP contribution in [0.3, 0.4) is 0 Å². The summed E-state index contributed by atoms with van der Waals surface area (Å²) in [5, 5.41) is 7.44. The fourth-order valence-electron chi connectivity index (χ4n) is 3.67. The number of nitrogens with one attached hydrogen (secondary N) is 1. The molecule has 3 heterocycles. The second-order valence-electron chi connectivity index (χ2n) is 6.91. The van der Waals surface area contributed by atoms with E-state index in [0.717, 1.165) is 49.7 Å². The van der Waals surface area contributed by atoms with Gasteiger partial charge in [-0.05, 0) is 46.2 Å². The van der Waals surface area contributed by atoms with Crippen LogP contribution in [-0.2, 0) is 24.4 Å². The standard InChI is InChI=1S/C19H28N6O/c1-5-25-14(3)17(13(2)23-25)12-24-10-6-7-18(24)19-20-9-8-16(22-19)11-21-15(4)26/h8-9,18H,5-7,10-12H2,1-4H3,(H,21,26)/t18-/m1/s1. The van der Waals surface area contributed by atoms with Gasteiger partial charge in [0.2, 0.25) is 5.91 Å². The predicted molar refractivity (Wildman–Crippen MR) is 99.3 cm³/mol. The minimum atomic E-state index is -0.0495. The molecule has 0 bridgehead atoms. The monoisotopic (exact) mass is 356 g/mol. The summed E-state index contributed by atoms with van der Waals surface area (Å²) in [5.74, 6) is 0.801. The maximum Gasteiger partial charge on any atom is 0.217 e. The van der Waals surface area contributed by atoms with Crippen LogP contribution in [0.25, 0.3) is 0 Å². The van der Waals surface area contributed by atoms with E-state index < -0.39 is 0 Å². The van der Waals surface area contributed by atoms with Crippen LogP contribution in [0.4, 0.5) is 0 Å². The van der Waals surface area contributed by atoms with Gasteiger partial charge in [0.25, 0.3) is 0 Å². The van der Waals surface area contributed by atoms with Crippen LogP contribution in [-0.4, -0.2) is 37.1 Å². The van der Waals surface area contributed by atoms with Crippen molar-refractivity contribution in [3.8, 4) is 0 Å². The second kappa shape index (κ2) is 7.95. The van der Waals surface area contributed by atoms with E-state index in [-0.39, 0.29) is 11.9 Å². The Morgan fingerprint density at radius 1 is 1.38 bits per heavy atom. The van der Waals surface area contributed by atoms with Crippen molar-refractivity contribution in [3.63, 3.8) is 0 Å². The Hall–Kier alpha value is -2.28. The molecule has 0 aliphatic carbocycles. The Labute approximate surface area is 154 Å². The highest BCUT2D eigenvalue weighted by molar-refractivity contribution is 5.72. The molecular weight excluding hydrogens is 328 g/mol. The molecule has 0 radical (unpaired) electrons. The maximum atomic E-state index is 11.1. The number of likely N-dealkylation sites (tertiary alicyclic amines) is 1. The fourth-order valence-corrected chi connectivity index (χ4v) is 3.67. The third-order valence-electron chi connectivity index (χ3n) is 5.10. The smallest absolute Gasteiger partial charge is 0.217 e. The quantitative estimate of drug-likeness (QED) is 0.859. The van der Waals surface area contributed by atoms with Crippen molar-refractivity contribution in [1.82, 2.24) is 30.0 Å². The van der Waals surface area contributed by atoms with Crippen LogP contribution >= 0.6 is 0 Å². The zero-order valence-electron chi connectivity index (χ0n) is 16.1. The molecule has 0 saturated carbocycles. The summed E-state index contributed by atoms with van der Waals surface area (Å²) in [6, 6.07) is 2.08. The van der Waals surface area contributed by atoms with Gasteiger partial charge in [0.15, 0.2) is 0 Å². The molecule has 1 amide bonds. The summed E-state index contributed by atoms with van der Waals surface area (Å²) in [6.07, 6.45) is 4.00. The van der Waals surface area contributed by atoms with Crippen molar-refractivity contribution < 1.29 is 4.79 Å². The van der Waals surface area contributed by atoms with Gasteiger partial charge in [0.05, 0.1) is 24.0 Å². The van der Waals surface area contributed by atoms with E-state index in [0.29, 0.717) is 6.54 Å². The predicted octanol–water partition coefficient (Wildman–Crippen LogP) is 2.28. The van der Waals surface area contributed by atoms with Crippen molar-refractivity contribution in [2.75, 3.05) is 6.54 Å². The van der Waals surface area contributed by atoms with Crippen LogP contribution in [0.5, 0.6) is 0 Å². The molecule has 1 N–H and O–H groups in total. The van der Waals surface area contributed by atoms with Gasteiger partial charge in [-0.25, -0.2) is 9.97 Å². The summed E-state index contributed by atoms with van der Waals surface area (Å²) >= 11 is 0. The van der Waals surface area contributed by atoms with Gasteiger partial charge in [-0.15, -0.1) is 0 Å². The van der Waals surface area contributed by atoms with Gasteiger partial charge in [-0.1, -0.05) is 0 Å². The first-order valence-electron chi connectivity index (χ1n) is 9.32. The largest absolute Gasteiger partial charge is 0.351 e. The number of aryl methyl sites for hydroxylation is 2. The molecule has 0 aromatic carbocycles. The molecule has 7 nitrogen and oxygen atoms in total. The molecule has 0 unspecified atom stereocenters. The molecule has 26 heavy (non-hydrogen) atoms. The molecule has 1 saturated heterocycles. The highest BCUT2D eigenvalue weighted by Gasteiger charge is 2.29. The van der Waals surface area contributed by atoms with Gasteiger partial charge in [-0.3, -0.25) is 14.4 Å². The maximum absolute atomic E-state index is 11.1. The van der Waals surface area contributed by atoms with Crippen molar-refractivity contribution in [2.45, 2.75) is 66.2 Å². The van der Waals surface area contributed by atoms with Gasteiger partial charge in [0, 0.05) is 37.5 Å². The van der Waals surface area contributed by atoms with Crippen LogP contribution in [0.1, 0.15) is 61.2 Å². The summed E-state index contributed by atoms with van der Waals surface area (Å²) < 4.78 is 2.07. The van der Waals surface area contributed by atoms with E-state index in [9.17, 15) is 4.79 Å². The number of aromatic nitrogens is 4. The number of nitrogens with zero attached hydrogens (tertiary/aromatic N) is 5.